The molecule has 34 heavy (non-hydrogen) atoms. The Labute approximate surface area is 201 Å². The second kappa shape index (κ2) is 11.9. The lowest BCUT2D eigenvalue weighted by molar-refractivity contribution is -0.150. The molecule has 0 saturated carbocycles. The number of hydrogen-bond acceptors (Lipinski definition) is 7. The molecule has 0 radical (unpaired) electrons. The van der Waals surface area contributed by atoms with Crippen LogP contribution < -0.4 is 10.1 Å². The molecule has 0 spiro atoms. The third kappa shape index (κ3) is 5.70. The lowest BCUT2D eigenvalue weighted by Crippen LogP contribution is -2.51. The predicted octanol–water partition coefficient (Wildman–Crippen LogP) is 2.87. The van der Waals surface area contributed by atoms with E-state index in [0.717, 1.165) is 24.9 Å². The molecule has 2 aliphatic heterocycles. The third-order valence-corrected chi connectivity index (χ3v) is 6.18. The topological polar surface area (TPSA) is 97.4 Å². The molecule has 1 aromatic carbocycles. The van der Waals surface area contributed by atoms with Gasteiger partial charge in [-0.05, 0) is 57.9 Å². The number of hydrogen-bond donors (Lipinski definition) is 1. The molecule has 186 valence electrons. The average molecular weight is 474 g/mol. The van der Waals surface area contributed by atoms with Crippen LogP contribution in [0, 0.1) is 5.92 Å². The highest BCUT2D eigenvalue weighted by molar-refractivity contribution is 5.95. The summed E-state index contributed by atoms with van der Waals surface area (Å²) in [5.41, 5.74) is 1.73. The van der Waals surface area contributed by atoms with Crippen LogP contribution in [-0.4, -0.2) is 74.3 Å². The molecule has 0 aliphatic carbocycles. The first kappa shape index (κ1) is 25.6. The van der Waals surface area contributed by atoms with Gasteiger partial charge in [0, 0.05) is 25.3 Å². The monoisotopic (exact) mass is 473 g/mol. The van der Waals surface area contributed by atoms with Crippen molar-refractivity contribution in [2.24, 2.45) is 5.92 Å². The summed E-state index contributed by atoms with van der Waals surface area (Å²) in [7, 11) is 1.57. The van der Waals surface area contributed by atoms with Crippen molar-refractivity contribution in [3.05, 3.63) is 41.1 Å². The van der Waals surface area contributed by atoms with Crippen LogP contribution >= 0.6 is 0 Å². The summed E-state index contributed by atoms with van der Waals surface area (Å²) in [5, 5.41) is 2.97. The van der Waals surface area contributed by atoms with Gasteiger partial charge in [0.25, 0.3) is 0 Å². The number of amides is 2. The summed E-state index contributed by atoms with van der Waals surface area (Å²) in [6.07, 6.45) is 1.60. The summed E-state index contributed by atoms with van der Waals surface area (Å²) in [4.78, 5) is 42.4. The van der Waals surface area contributed by atoms with Gasteiger partial charge in [-0.15, -0.1) is 0 Å². The van der Waals surface area contributed by atoms with Gasteiger partial charge < -0.3 is 19.5 Å². The van der Waals surface area contributed by atoms with Crippen molar-refractivity contribution in [2.75, 3.05) is 46.5 Å². The van der Waals surface area contributed by atoms with Gasteiger partial charge in [0.15, 0.2) is 0 Å². The smallest absolute Gasteiger partial charge is 0.338 e. The second-order valence-corrected chi connectivity index (χ2v) is 8.31. The molecule has 0 unspecified atom stereocenters. The van der Waals surface area contributed by atoms with E-state index in [1.807, 2.05) is 25.1 Å². The Morgan fingerprint density at radius 2 is 1.91 bits per heavy atom. The lowest BCUT2D eigenvalue weighted by Gasteiger charge is -2.39. The van der Waals surface area contributed by atoms with Gasteiger partial charge in [-0.2, -0.15) is 0 Å². The van der Waals surface area contributed by atoms with Gasteiger partial charge >= 0.3 is 18.0 Å². The fourth-order valence-electron chi connectivity index (χ4n) is 4.59. The molecular formula is C25H35N3O6. The van der Waals surface area contributed by atoms with Crippen LogP contribution in [0.3, 0.4) is 0 Å². The number of urea groups is 1. The van der Waals surface area contributed by atoms with E-state index in [1.165, 1.54) is 0 Å². The standard InChI is InChI=1S/C25H35N3O6/c1-5-28-20(16-27-13-9-11-18(15-27)23(29)33-6-2)21(24(30)34-7-3)22(26-25(28)31)17-10-8-12-19(14-17)32-4/h8,10,12,14,18,22H,5-7,9,11,13,15-16H2,1-4H3,(H,26,31)/t18-,22-/m0/s1. The molecule has 1 aromatic rings. The maximum Gasteiger partial charge on any atom is 0.338 e. The number of likely N-dealkylation sites (tertiary alicyclic amines) is 1. The molecule has 3 rings (SSSR count). The highest BCUT2D eigenvalue weighted by Crippen LogP contribution is 2.34. The Hall–Kier alpha value is -3.07. The fourth-order valence-corrected chi connectivity index (χ4v) is 4.59. The van der Waals surface area contributed by atoms with Gasteiger partial charge in [0.05, 0.1) is 37.9 Å². The number of methoxy groups -OCH3 is 1. The van der Waals surface area contributed by atoms with E-state index >= 15 is 0 Å². The van der Waals surface area contributed by atoms with Gasteiger partial charge in [-0.25, -0.2) is 9.59 Å². The van der Waals surface area contributed by atoms with E-state index in [2.05, 4.69) is 10.2 Å². The number of ether oxygens (including phenoxy) is 3. The maximum absolute atomic E-state index is 13.2. The number of rotatable bonds is 9. The minimum absolute atomic E-state index is 0.199. The highest BCUT2D eigenvalue weighted by Gasteiger charge is 2.39. The Morgan fingerprint density at radius 3 is 2.59 bits per heavy atom. The Kier molecular flexibility index (Phi) is 8.92. The van der Waals surface area contributed by atoms with Crippen LogP contribution in [0.4, 0.5) is 4.79 Å². The quantitative estimate of drug-likeness (QED) is 0.551. The first-order chi connectivity index (χ1) is 16.4. The fraction of sp³-hybridized carbons (Fsp3) is 0.560. The van der Waals surface area contributed by atoms with Crippen LogP contribution in [0.15, 0.2) is 35.5 Å². The minimum Gasteiger partial charge on any atom is -0.497 e. The third-order valence-electron chi connectivity index (χ3n) is 6.18. The summed E-state index contributed by atoms with van der Waals surface area (Å²) in [6, 6.07) is 6.33. The van der Waals surface area contributed by atoms with Crippen molar-refractivity contribution in [2.45, 2.75) is 39.7 Å². The van der Waals surface area contributed by atoms with E-state index in [0.29, 0.717) is 43.3 Å². The van der Waals surface area contributed by atoms with Crippen molar-refractivity contribution in [1.29, 1.82) is 0 Å². The SMILES string of the molecule is CCOC(=O)C1=C(CN2CCC[C@H](C(=O)OCC)C2)N(CC)C(=O)N[C@H]1c1cccc(OC)c1. The van der Waals surface area contributed by atoms with E-state index in [4.69, 9.17) is 14.2 Å². The molecule has 0 bridgehead atoms. The van der Waals surface area contributed by atoms with Gasteiger partial charge in [0.1, 0.15) is 5.75 Å². The number of carbonyl (C=O) groups excluding carboxylic acids is 3. The molecular weight excluding hydrogens is 438 g/mol. The number of carbonyl (C=O) groups is 3. The summed E-state index contributed by atoms with van der Waals surface area (Å²) in [5.74, 6) is -0.262. The van der Waals surface area contributed by atoms with Gasteiger partial charge in [-0.1, -0.05) is 12.1 Å². The molecule has 1 fully saturated rings. The van der Waals surface area contributed by atoms with Crippen LogP contribution in [0.1, 0.15) is 45.2 Å². The lowest BCUT2D eigenvalue weighted by atomic mass is 9.93. The largest absolute Gasteiger partial charge is 0.497 e. The van der Waals surface area contributed by atoms with Crippen LogP contribution in [0.5, 0.6) is 5.75 Å². The van der Waals surface area contributed by atoms with Crippen molar-refractivity contribution in [3.63, 3.8) is 0 Å². The number of esters is 2. The highest BCUT2D eigenvalue weighted by atomic mass is 16.5. The van der Waals surface area contributed by atoms with E-state index in [9.17, 15) is 14.4 Å². The van der Waals surface area contributed by atoms with Crippen molar-refractivity contribution >= 4 is 18.0 Å². The first-order valence-corrected chi connectivity index (χ1v) is 11.9. The van der Waals surface area contributed by atoms with Crippen molar-refractivity contribution < 1.29 is 28.6 Å². The minimum atomic E-state index is -0.676. The molecule has 0 aromatic heterocycles. The first-order valence-electron chi connectivity index (χ1n) is 11.9. The van der Waals surface area contributed by atoms with Gasteiger partial charge in [-0.3, -0.25) is 14.6 Å². The molecule has 2 amide bonds. The van der Waals surface area contributed by atoms with Crippen molar-refractivity contribution in [3.8, 4) is 5.75 Å². The summed E-state index contributed by atoms with van der Waals surface area (Å²) < 4.78 is 16.0. The summed E-state index contributed by atoms with van der Waals surface area (Å²) in [6.45, 7) is 8.01. The number of nitrogens with one attached hydrogen (secondary N) is 1. The molecule has 9 nitrogen and oxygen atoms in total. The normalized spacial score (nSPS) is 21.2. The molecule has 2 aliphatic rings. The van der Waals surface area contributed by atoms with E-state index in [-0.39, 0.29) is 24.5 Å². The molecule has 2 heterocycles. The zero-order chi connectivity index (χ0) is 24.7. The predicted molar refractivity (Wildman–Crippen MR) is 126 cm³/mol. The Morgan fingerprint density at radius 1 is 1.15 bits per heavy atom. The van der Waals surface area contributed by atoms with Crippen LogP contribution in [-0.2, 0) is 19.1 Å². The summed E-state index contributed by atoms with van der Waals surface area (Å²) >= 11 is 0. The molecule has 9 heteroatoms. The molecule has 2 atom stereocenters. The van der Waals surface area contributed by atoms with E-state index < -0.39 is 12.0 Å². The number of benzene rings is 1. The van der Waals surface area contributed by atoms with Crippen molar-refractivity contribution in [1.82, 2.24) is 15.1 Å². The number of likely N-dealkylation sites (N-methyl/N-ethyl adjacent to an activating group) is 1. The Bertz CT molecular complexity index is 931. The average Bonchev–Trinajstić information content (AvgIpc) is 2.84. The maximum atomic E-state index is 13.2. The molecule has 1 saturated heterocycles. The molecule has 1 N–H and O–H groups in total. The van der Waals surface area contributed by atoms with Gasteiger partial charge in [0.2, 0.25) is 0 Å². The van der Waals surface area contributed by atoms with E-state index in [1.54, 1.807) is 31.9 Å². The van der Waals surface area contributed by atoms with Crippen LogP contribution in [0.25, 0.3) is 0 Å². The van der Waals surface area contributed by atoms with Crippen LogP contribution in [0.2, 0.25) is 0 Å². The Balaban J connectivity index is 2.01. The number of piperidine rings is 1. The zero-order valence-corrected chi connectivity index (χ0v) is 20.5. The second-order valence-electron chi connectivity index (χ2n) is 8.31. The number of nitrogens with zero attached hydrogens (tertiary/aromatic N) is 2. The zero-order valence-electron chi connectivity index (χ0n) is 20.5.